The van der Waals surface area contributed by atoms with E-state index in [4.69, 9.17) is 5.11 Å². The highest BCUT2D eigenvalue weighted by Crippen LogP contribution is 2.37. The maximum absolute atomic E-state index is 12.1. The van der Waals surface area contributed by atoms with E-state index >= 15 is 0 Å². The van der Waals surface area contributed by atoms with Crippen molar-refractivity contribution >= 4 is 11.9 Å². The summed E-state index contributed by atoms with van der Waals surface area (Å²) in [5.41, 5.74) is 0. The molecule has 0 bridgehead atoms. The molecule has 1 N–H and O–H groups in total. The van der Waals surface area contributed by atoms with Gasteiger partial charge in [0, 0.05) is 18.5 Å². The van der Waals surface area contributed by atoms with Crippen molar-refractivity contribution in [3.05, 3.63) is 0 Å². The molecule has 0 heterocycles. The fourth-order valence-corrected chi connectivity index (χ4v) is 1.90. The molecular formula is C12H21NO3. The highest BCUT2D eigenvalue weighted by atomic mass is 16.4. The third kappa shape index (κ3) is 3.51. The Balaban J connectivity index is 2.53. The van der Waals surface area contributed by atoms with E-state index in [2.05, 4.69) is 0 Å². The number of rotatable bonds is 6. The van der Waals surface area contributed by atoms with Crippen molar-refractivity contribution < 1.29 is 14.7 Å². The minimum Gasteiger partial charge on any atom is -0.481 e. The van der Waals surface area contributed by atoms with Gasteiger partial charge in [0.2, 0.25) is 5.91 Å². The first kappa shape index (κ1) is 13.0. The van der Waals surface area contributed by atoms with Crippen molar-refractivity contribution in [1.82, 2.24) is 4.90 Å². The number of hydrogen-bond acceptors (Lipinski definition) is 2. The van der Waals surface area contributed by atoms with Gasteiger partial charge in [0.1, 0.15) is 0 Å². The van der Waals surface area contributed by atoms with Crippen molar-refractivity contribution in [2.75, 3.05) is 6.54 Å². The minimum absolute atomic E-state index is 0.0291. The quantitative estimate of drug-likeness (QED) is 0.752. The lowest BCUT2D eigenvalue weighted by molar-refractivity contribution is -0.140. The largest absolute Gasteiger partial charge is 0.481 e. The second kappa shape index (κ2) is 5.32. The molecule has 16 heavy (non-hydrogen) atoms. The fourth-order valence-electron chi connectivity index (χ4n) is 1.90. The van der Waals surface area contributed by atoms with Gasteiger partial charge >= 0.3 is 5.97 Å². The van der Waals surface area contributed by atoms with Gasteiger partial charge < -0.3 is 10.0 Å². The second-order valence-corrected chi connectivity index (χ2v) is 4.90. The summed E-state index contributed by atoms with van der Waals surface area (Å²) >= 11 is 0. The van der Waals surface area contributed by atoms with Crippen LogP contribution in [-0.4, -0.2) is 34.5 Å². The van der Waals surface area contributed by atoms with Gasteiger partial charge in [-0.25, -0.2) is 0 Å². The van der Waals surface area contributed by atoms with Crippen LogP contribution in [0.25, 0.3) is 0 Å². The molecule has 0 aliphatic heterocycles. The van der Waals surface area contributed by atoms with Gasteiger partial charge in [-0.1, -0.05) is 6.92 Å². The number of aliphatic carboxylic acids is 1. The summed E-state index contributed by atoms with van der Waals surface area (Å²) in [5, 5.41) is 8.65. The van der Waals surface area contributed by atoms with Crippen LogP contribution in [0.1, 0.15) is 40.0 Å². The van der Waals surface area contributed by atoms with Crippen LogP contribution in [0, 0.1) is 11.8 Å². The zero-order chi connectivity index (χ0) is 12.3. The maximum atomic E-state index is 12.1. The van der Waals surface area contributed by atoms with Crippen LogP contribution in [0.15, 0.2) is 0 Å². The summed E-state index contributed by atoms with van der Waals surface area (Å²) in [6.45, 7) is 6.14. The molecule has 0 aromatic rings. The Bertz CT molecular complexity index is 271. The lowest BCUT2D eigenvalue weighted by Gasteiger charge is -2.29. The zero-order valence-electron chi connectivity index (χ0n) is 10.3. The molecule has 1 aliphatic carbocycles. The lowest BCUT2D eigenvalue weighted by atomic mass is 10.0. The molecule has 0 saturated heterocycles. The summed E-state index contributed by atoms with van der Waals surface area (Å²) in [6.07, 6.45) is 2.30. The van der Waals surface area contributed by atoms with E-state index in [9.17, 15) is 9.59 Å². The van der Waals surface area contributed by atoms with Gasteiger partial charge in [0.05, 0.1) is 6.42 Å². The Hall–Kier alpha value is -1.06. The average Bonchev–Trinajstić information content (AvgIpc) is 2.98. The average molecular weight is 227 g/mol. The van der Waals surface area contributed by atoms with Crippen LogP contribution in [0.4, 0.5) is 0 Å². The molecule has 1 fully saturated rings. The molecule has 0 aromatic heterocycles. The van der Waals surface area contributed by atoms with Gasteiger partial charge in [-0.05, 0) is 32.6 Å². The molecule has 4 nitrogen and oxygen atoms in total. The van der Waals surface area contributed by atoms with Gasteiger partial charge in [-0.2, -0.15) is 0 Å². The molecule has 1 atom stereocenters. The molecule has 92 valence electrons. The summed E-state index contributed by atoms with van der Waals surface area (Å²) in [4.78, 5) is 24.3. The van der Waals surface area contributed by atoms with Gasteiger partial charge in [0.15, 0.2) is 0 Å². The first-order valence-corrected chi connectivity index (χ1v) is 5.95. The molecule has 1 unspecified atom stereocenters. The Labute approximate surface area is 96.6 Å². The summed E-state index contributed by atoms with van der Waals surface area (Å²) in [7, 11) is 0. The molecular weight excluding hydrogens is 206 g/mol. The maximum Gasteiger partial charge on any atom is 0.305 e. The van der Waals surface area contributed by atoms with E-state index in [0.29, 0.717) is 12.5 Å². The van der Waals surface area contributed by atoms with E-state index in [1.165, 1.54) is 0 Å². The normalized spacial score (nSPS) is 17.2. The van der Waals surface area contributed by atoms with E-state index in [-0.39, 0.29) is 24.3 Å². The number of carboxylic acids is 1. The Morgan fingerprint density at radius 2 is 1.88 bits per heavy atom. The highest BCUT2D eigenvalue weighted by molar-refractivity contribution is 5.80. The topological polar surface area (TPSA) is 57.6 Å². The second-order valence-electron chi connectivity index (χ2n) is 4.90. The van der Waals surface area contributed by atoms with Crippen LogP contribution >= 0.6 is 0 Å². The smallest absolute Gasteiger partial charge is 0.305 e. The number of carbonyl (C=O) groups is 2. The molecule has 0 aromatic carbocycles. The van der Waals surface area contributed by atoms with Gasteiger partial charge in [-0.3, -0.25) is 9.59 Å². The predicted octanol–water partition coefficient (Wildman–Crippen LogP) is 1.74. The van der Waals surface area contributed by atoms with Crippen molar-refractivity contribution in [3.63, 3.8) is 0 Å². The Morgan fingerprint density at radius 1 is 1.31 bits per heavy atom. The lowest BCUT2D eigenvalue weighted by Crippen LogP contribution is -2.42. The summed E-state index contributed by atoms with van der Waals surface area (Å²) in [6, 6.07) is 0.0769. The predicted molar refractivity (Wildman–Crippen MR) is 61.0 cm³/mol. The SMILES string of the molecule is CC(C(=O)N(CCC(=O)O)C(C)C)C1CC1. The van der Waals surface area contributed by atoms with Crippen molar-refractivity contribution in [2.24, 2.45) is 11.8 Å². The molecule has 1 saturated carbocycles. The van der Waals surface area contributed by atoms with Gasteiger partial charge in [0.25, 0.3) is 0 Å². The fraction of sp³-hybridized carbons (Fsp3) is 0.833. The number of hydrogen-bond donors (Lipinski definition) is 1. The van der Waals surface area contributed by atoms with Crippen molar-refractivity contribution in [2.45, 2.75) is 46.1 Å². The molecule has 1 rings (SSSR count). The highest BCUT2D eigenvalue weighted by Gasteiger charge is 2.35. The third-order valence-corrected chi connectivity index (χ3v) is 3.19. The van der Waals surface area contributed by atoms with Crippen molar-refractivity contribution in [1.29, 1.82) is 0 Å². The van der Waals surface area contributed by atoms with Crippen LogP contribution in [-0.2, 0) is 9.59 Å². The Kier molecular flexibility index (Phi) is 4.33. The minimum atomic E-state index is -0.850. The van der Waals surface area contributed by atoms with E-state index < -0.39 is 5.97 Å². The molecule has 1 amide bonds. The third-order valence-electron chi connectivity index (χ3n) is 3.19. The first-order valence-electron chi connectivity index (χ1n) is 5.95. The number of carbonyl (C=O) groups excluding carboxylic acids is 1. The standard InChI is InChI=1S/C12H21NO3/c1-8(2)13(7-6-11(14)15)12(16)9(3)10-4-5-10/h8-10H,4-7H2,1-3H3,(H,14,15). The van der Waals surface area contributed by atoms with Crippen LogP contribution in [0.3, 0.4) is 0 Å². The number of amides is 1. The van der Waals surface area contributed by atoms with Crippen LogP contribution < -0.4 is 0 Å². The number of carboxylic acid groups (broad SMARTS) is 1. The van der Waals surface area contributed by atoms with E-state index in [1.807, 2.05) is 20.8 Å². The molecule has 4 heteroatoms. The zero-order valence-corrected chi connectivity index (χ0v) is 10.3. The molecule has 0 spiro atoms. The van der Waals surface area contributed by atoms with Crippen molar-refractivity contribution in [3.8, 4) is 0 Å². The van der Waals surface area contributed by atoms with E-state index in [0.717, 1.165) is 12.8 Å². The molecule has 1 aliphatic rings. The first-order chi connectivity index (χ1) is 7.43. The van der Waals surface area contributed by atoms with Crippen LogP contribution in [0.5, 0.6) is 0 Å². The molecule has 0 radical (unpaired) electrons. The van der Waals surface area contributed by atoms with E-state index in [1.54, 1.807) is 4.90 Å². The van der Waals surface area contributed by atoms with Crippen LogP contribution in [0.2, 0.25) is 0 Å². The Morgan fingerprint density at radius 3 is 2.25 bits per heavy atom. The van der Waals surface area contributed by atoms with Gasteiger partial charge in [-0.15, -0.1) is 0 Å². The summed E-state index contributed by atoms with van der Waals surface area (Å²) < 4.78 is 0. The number of nitrogens with zero attached hydrogens (tertiary/aromatic N) is 1. The summed E-state index contributed by atoms with van der Waals surface area (Å²) in [5.74, 6) is -0.161. The monoisotopic (exact) mass is 227 g/mol.